The topological polar surface area (TPSA) is 268 Å². The number of aliphatic hydroxyl groups is 1. The third-order valence-corrected chi connectivity index (χ3v) is 8.00. The van der Waals surface area contributed by atoms with Crippen molar-refractivity contribution in [2.45, 2.75) is 24.5 Å². The molecule has 3 rings (SSSR count). The van der Waals surface area contributed by atoms with E-state index in [1.807, 2.05) is 0 Å². The van der Waals surface area contributed by atoms with Crippen LogP contribution in [0.15, 0.2) is 25.3 Å². The standard InChI is InChI=1S/C13H20N5O13P3/c1-2-3-27-10-7(4-28-33(23,24)31-34(25,26)30-32(20,21)22)29-13(9(10)19)18-6-17-8-11(14)15-5-16-12(8)18/h2,5-7,9-10,13,19H,1,3-4H2,(H,23,24)(H,25,26)(H2,14,15,16)(H2,20,21,22)/t7-,9-,10-,13-/m1/s1. The summed E-state index contributed by atoms with van der Waals surface area (Å²) < 4.78 is 58.6. The average Bonchev–Trinajstić information content (AvgIpc) is 3.24. The molecule has 34 heavy (non-hydrogen) atoms. The molecule has 1 aliphatic rings. The molecule has 1 saturated heterocycles. The number of rotatable bonds is 11. The molecule has 1 aliphatic heterocycles. The number of anilines is 1. The van der Waals surface area contributed by atoms with Crippen LogP contribution in [-0.2, 0) is 36.3 Å². The molecular weight excluding hydrogens is 527 g/mol. The molecule has 7 N–H and O–H groups in total. The number of aromatic nitrogens is 4. The Kier molecular flexibility index (Phi) is 8.06. The van der Waals surface area contributed by atoms with Crippen LogP contribution in [0.3, 0.4) is 0 Å². The van der Waals surface area contributed by atoms with Crippen molar-refractivity contribution in [1.82, 2.24) is 19.5 Å². The lowest BCUT2D eigenvalue weighted by Gasteiger charge is -2.21. The lowest BCUT2D eigenvalue weighted by atomic mass is 10.1. The van der Waals surface area contributed by atoms with Crippen LogP contribution >= 0.6 is 23.5 Å². The predicted octanol–water partition coefficient (Wildman–Crippen LogP) is -0.419. The molecule has 2 aromatic rings. The molecule has 2 unspecified atom stereocenters. The first-order valence-corrected chi connectivity index (χ1v) is 13.5. The second kappa shape index (κ2) is 10.2. The third-order valence-electron chi connectivity index (χ3n) is 4.20. The molecule has 18 nitrogen and oxygen atoms in total. The summed E-state index contributed by atoms with van der Waals surface area (Å²) in [6, 6.07) is 0. The van der Waals surface area contributed by atoms with Gasteiger partial charge in [0.05, 0.1) is 19.5 Å². The molecule has 0 spiro atoms. The van der Waals surface area contributed by atoms with Crippen molar-refractivity contribution in [2.75, 3.05) is 18.9 Å². The van der Waals surface area contributed by atoms with Crippen molar-refractivity contribution in [3.05, 3.63) is 25.3 Å². The summed E-state index contributed by atoms with van der Waals surface area (Å²) in [6.45, 7) is 2.57. The number of nitrogens with two attached hydrogens (primary N) is 1. The fourth-order valence-corrected chi connectivity index (χ4v) is 6.03. The second-order valence-electron chi connectivity index (χ2n) is 6.61. The van der Waals surface area contributed by atoms with Gasteiger partial charge in [-0.2, -0.15) is 8.62 Å². The van der Waals surface area contributed by atoms with Crippen LogP contribution in [0, 0.1) is 0 Å². The predicted molar refractivity (Wildman–Crippen MR) is 109 cm³/mol. The van der Waals surface area contributed by atoms with E-state index in [-0.39, 0.29) is 23.6 Å². The largest absolute Gasteiger partial charge is 0.490 e. The molecular formula is C13H20N5O13P3. The van der Waals surface area contributed by atoms with E-state index < -0.39 is 54.6 Å². The summed E-state index contributed by atoms with van der Waals surface area (Å²) >= 11 is 0. The van der Waals surface area contributed by atoms with Gasteiger partial charge >= 0.3 is 23.5 Å². The van der Waals surface area contributed by atoms with Crippen molar-refractivity contribution in [1.29, 1.82) is 0 Å². The second-order valence-corrected chi connectivity index (χ2v) is 11.0. The van der Waals surface area contributed by atoms with Crippen molar-refractivity contribution in [3.8, 4) is 0 Å². The minimum Gasteiger partial charge on any atom is -0.386 e. The molecule has 0 amide bonds. The zero-order valence-electron chi connectivity index (χ0n) is 16.9. The minimum atomic E-state index is -5.70. The Morgan fingerprint density at radius 2 is 1.85 bits per heavy atom. The lowest BCUT2D eigenvalue weighted by Crippen LogP contribution is -2.36. The summed E-state index contributed by atoms with van der Waals surface area (Å²) in [7, 11) is -16.7. The number of imidazole rings is 1. The molecule has 6 atom stereocenters. The summed E-state index contributed by atoms with van der Waals surface area (Å²) in [6.07, 6.45) is -1.24. The van der Waals surface area contributed by atoms with Crippen molar-refractivity contribution >= 4 is 40.4 Å². The molecule has 0 aromatic carbocycles. The highest BCUT2D eigenvalue weighted by molar-refractivity contribution is 7.66. The molecule has 1 fully saturated rings. The van der Waals surface area contributed by atoms with Crippen molar-refractivity contribution < 1.29 is 61.0 Å². The Balaban J connectivity index is 1.77. The van der Waals surface area contributed by atoms with Crippen molar-refractivity contribution in [3.63, 3.8) is 0 Å². The average molecular weight is 547 g/mol. The van der Waals surface area contributed by atoms with E-state index >= 15 is 0 Å². The lowest BCUT2D eigenvalue weighted by molar-refractivity contribution is -0.0554. The van der Waals surface area contributed by atoms with Gasteiger partial charge in [0.1, 0.15) is 30.2 Å². The first kappa shape index (κ1) is 27.0. The molecule has 3 heterocycles. The maximum absolute atomic E-state index is 12.0. The molecule has 0 aliphatic carbocycles. The Bertz CT molecular complexity index is 1190. The van der Waals surface area contributed by atoms with Gasteiger partial charge in [-0.25, -0.2) is 28.6 Å². The Hall–Kier alpha value is -1.62. The Labute approximate surface area is 190 Å². The third kappa shape index (κ3) is 6.53. The quantitative estimate of drug-likeness (QED) is 0.154. The number of aliphatic hydroxyl groups excluding tert-OH is 1. The maximum Gasteiger partial charge on any atom is 0.490 e. The highest BCUT2D eigenvalue weighted by Crippen LogP contribution is 2.66. The zero-order chi connectivity index (χ0) is 25.3. The minimum absolute atomic E-state index is 0.0661. The number of nitrogen functional groups attached to an aromatic ring is 1. The Morgan fingerprint density at radius 3 is 2.50 bits per heavy atom. The van der Waals surface area contributed by atoms with Gasteiger partial charge in [-0.05, 0) is 0 Å². The summed E-state index contributed by atoms with van der Waals surface area (Å²) in [5.74, 6) is 0.0694. The van der Waals surface area contributed by atoms with Gasteiger partial charge in [-0.15, -0.1) is 6.58 Å². The van der Waals surface area contributed by atoms with Crippen LogP contribution in [0.25, 0.3) is 11.2 Å². The highest BCUT2D eigenvalue weighted by Gasteiger charge is 2.48. The normalized spacial score (nSPS) is 26.9. The summed E-state index contributed by atoms with van der Waals surface area (Å²) in [4.78, 5) is 48.0. The van der Waals surface area contributed by atoms with E-state index in [1.165, 1.54) is 17.0 Å². The van der Waals surface area contributed by atoms with E-state index in [1.54, 1.807) is 0 Å². The maximum atomic E-state index is 12.0. The number of phosphoric acid groups is 3. The number of ether oxygens (including phenoxy) is 2. The number of hydrogen-bond donors (Lipinski definition) is 6. The van der Waals surface area contributed by atoms with Gasteiger partial charge in [0, 0.05) is 0 Å². The van der Waals surface area contributed by atoms with Crippen LogP contribution in [-0.4, -0.2) is 75.7 Å². The van der Waals surface area contributed by atoms with Gasteiger partial charge < -0.3 is 39.9 Å². The molecule has 0 radical (unpaired) electrons. The molecule has 190 valence electrons. The molecule has 0 saturated carbocycles. The van der Waals surface area contributed by atoms with Crippen molar-refractivity contribution in [2.24, 2.45) is 0 Å². The fraction of sp³-hybridized carbons (Fsp3) is 0.462. The van der Waals surface area contributed by atoms with Crippen LogP contribution < -0.4 is 5.73 Å². The smallest absolute Gasteiger partial charge is 0.386 e. The van der Waals surface area contributed by atoms with E-state index in [2.05, 4.69) is 34.7 Å². The fourth-order valence-electron chi connectivity index (χ4n) is 3.00. The van der Waals surface area contributed by atoms with E-state index in [0.29, 0.717) is 0 Å². The van der Waals surface area contributed by atoms with E-state index in [0.717, 1.165) is 6.33 Å². The molecule has 2 aromatic heterocycles. The first-order chi connectivity index (χ1) is 15.7. The van der Waals surface area contributed by atoms with Crippen LogP contribution in [0.2, 0.25) is 0 Å². The van der Waals surface area contributed by atoms with Crippen LogP contribution in [0.1, 0.15) is 6.23 Å². The van der Waals surface area contributed by atoms with Gasteiger partial charge in [-0.3, -0.25) is 9.09 Å². The number of nitrogens with zero attached hydrogens (tertiary/aromatic N) is 4. The number of hydrogen-bond acceptors (Lipinski definition) is 13. The zero-order valence-corrected chi connectivity index (χ0v) is 19.6. The molecule has 0 bridgehead atoms. The van der Waals surface area contributed by atoms with E-state index in [9.17, 15) is 28.6 Å². The first-order valence-electron chi connectivity index (χ1n) is 9.00. The monoisotopic (exact) mass is 547 g/mol. The number of fused-ring (bicyclic) bond motifs is 1. The van der Waals surface area contributed by atoms with Gasteiger partial charge in [0.2, 0.25) is 0 Å². The van der Waals surface area contributed by atoms with Gasteiger partial charge in [-0.1, -0.05) is 6.08 Å². The SMILES string of the molecule is C=CCO[C@H]1[C@@H](O)[C@H](n2cnc3c(N)ncnc32)O[C@@H]1COP(=O)(O)OP(=O)(O)OP(=O)(O)O. The summed E-state index contributed by atoms with van der Waals surface area (Å²) in [5.41, 5.74) is 6.17. The van der Waals surface area contributed by atoms with Gasteiger partial charge in [0.15, 0.2) is 17.7 Å². The summed E-state index contributed by atoms with van der Waals surface area (Å²) in [5, 5.41) is 10.8. The van der Waals surface area contributed by atoms with Crippen LogP contribution in [0.4, 0.5) is 5.82 Å². The van der Waals surface area contributed by atoms with Gasteiger partial charge in [0.25, 0.3) is 0 Å². The van der Waals surface area contributed by atoms with E-state index in [4.69, 9.17) is 25.0 Å². The Morgan fingerprint density at radius 1 is 1.15 bits per heavy atom. The molecule has 21 heteroatoms. The number of phosphoric ester groups is 1. The van der Waals surface area contributed by atoms with Crippen LogP contribution in [0.5, 0.6) is 0 Å². The highest BCUT2D eigenvalue weighted by atomic mass is 31.3.